The summed E-state index contributed by atoms with van der Waals surface area (Å²) in [5, 5.41) is 0. The van der Waals surface area contributed by atoms with Crippen LogP contribution in [0.3, 0.4) is 0 Å². The number of aromatic nitrogens is 2. The Labute approximate surface area is 82.3 Å². The van der Waals surface area contributed by atoms with E-state index in [0.717, 1.165) is 0 Å². The van der Waals surface area contributed by atoms with E-state index in [0.29, 0.717) is 12.3 Å². The van der Waals surface area contributed by atoms with Gasteiger partial charge < -0.3 is 10.5 Å². The normalized spacial score (nSPS) is 14.5. The zero-order valence-corrected chi connectivity index (χ0v) is 8.23. The molecule has 5 nitrogen and oxygen atoms in total. The number of hydrogen-bond acceptors (Lipinski definition) is 5. The predicted octanol–water partition coefficient (Wildman–Crippen LogP) is 0.214. The van der Waals surface area contributed by atoms with E-state index in [1.54, 1.807) is 13.8 Å². The molecule has 0 bridgehead atoms. The second kappa shape index (κ2) is 4.15. The number of ether oxygens (including phenoxy) is 1. The Bertz CT molecular complexity index is 311. The highest BCUT2D eigenvalue weighted by Crippen LogP contribution is 2.15. The van der Waals surface area contributed by atoms with Crippen LogP contribution in [0, 0.1) is 0 Å². The van der Waals surface area contributed by atoms with Crippen molar-refractivity contribution in [3.8, 4) is 0 Å². The molecule has 0 aliphatic rings. The Morgan fingerprint density at radius 3 is 2.86 bits per heavy atom. The number of carbonyl (C=O) groups excluding carboxylic acids is 1. The summed E-state index contributed by atoms with van der Waals surface area (Å²) in [4.78, 5) is 19.3. The summed E-state index contributed by atoms with van der Waals surface area (Å²) in [6.45, 7) is 3.57. The van der Waals surface area contributed by atoms with E-state index in [9.17, 15) is 4.79 Å². The van der Waals surface area contributed by atoms with Crippen molar-refractivity contribution >= 4 is 5.97 Å². The molecule has 0 aliphatic heterocycles. The molecule has 0 aliphatic carbocycles. The van der Waals surface area contributed by atoms with Gasteiger partial charge in [0.1, 0.15) is 0 Å². The number of hydrogen-bond donors (Lipinski definition) is 1. The zero-order valence-electron chi connectivity index (χ0n) is 8.23. The molecular formula is C9H13N3O2. The van der Waals surface area contributed by atoms with E-state index in [4.69, 9.17) is 10.5 Å². The van der Waals surface area contributed by atoms with Gasteiger partial charge in [-0.3, -0.25) is 9.97 Å². The topological polar surface area (TPSA) is 78.1 Å². The predicted molar refractivity (Wildman–Crippen MR) is 50.2 cm³/mol. The second-order valence-corrected chi connectivity index (χ2v) is 3.01. The van der Waals surface area contributed by atoms with Gasteiger partial charge in [0.2, 0.25) is 0 Å². The molecule has 0 aromatic carbocycles. The van der Waals surface area contributed by atoms with Gasteiger partial charge in [-0.15, -0.1) is 0 Å². The summed E-state index contributed by atoms with van der Waals surface area (Å²) >= 11 is 0. The van der Waals surface area contributed by atoms with Crippen molar-refractivity contribution in [2.24, 2.45) is 5.73 Å². The van der Waals surface area contributed by atoms with E-state index in [1.807, 2.05) is 0 Å². The Balaban J connectivity index is 2.90. The van der Waals surface area contributed by atoms with Gasteiger partial charge >= 0.3 is 5.97 Å². The molecule has 1 aromatic heterocycles. The van der Waals surface area contributed by atoms with Crippen LogP contribution in [0.1, 0.15) is 19.5 Å². The Morgan fingerprint density at radius 2 is 2.36 bits per heavy atom. The van der Waals surface area contributed by atoms with Crippen LogP contribution in [0.15, 0.2) is 18.6 Å². The van der Waals surface area contributed by atoms with E-state index in [-0.39, 0.29) is 0 Å². The number of nitrogens with two attached hydrogens (primary N) is 1. The van der Waals surface area contributed by atoms with Gasteiger partial charge in [-0.1, -0.05) is 0 Å². The minimum Gasteiger partial charge on any atom is -0.464 e. The van der Waals surface area contributed by atoms with E-state index >= 15 is 0 Å². The third-order valence-electron chi connectivity index (χ3n) is 1.79. The lowest BCUT2D eigenvalue weighted by molar-refractivity contribution is -0.149. The quantitative estimate of drug-likeness (QED) is 0.698. The highest BCUT2D eigenvalue weighted by Gasteiger charge is 2.33. The molecule has 1 aromatic rings. The van der Waals surface area contributed by atoms with Crippen molar-refractivity contribution in [2.75, 3.05) is 6.61 Å². The minimum atomic E-state index is -1.23. The molecule has 0 fully saturated rings. The van der Waals surface area contributed by atoms with Crippen molar-refractivity contribution in [1.29, 1.82) is 0 Å². The third-order valence-corrected chi connectivity index (χ3v) is 1.79. The first-order valence-electron chi connectivity index (χ1n) is 4.31. The molecule has 1 heterocycles. The Morgan fingerprint density at radius 1 is 1.64 bits per heavy atom. The van der Waals surface area contributed by atoms with Gasteiger partial charge in [0.15, 0.2) is 5.54 Å². The third kappa shape index (κ3) is 2.05. The van der Waals surface area contributed by atoms with Crippen molar-refractivity contribution in [3.63, 3.8) is 0 Å². The fraction of sp³-hybridized carbons (Fsp3) is 0.444. The summed E-state index contributed by atoms with van der Waals surface area (Å²) in [7, 11) is 0. The van der Waals surface area contributed by atoms with Crippen LogP contribution in [0.2, 0.25) is 0 Å². The number of nitrogens with zero attached hydrogens (tertiary/aromatic N) is 2. The maximum atomic E-state index is 11.5. The largest absolute Gasteiger partial charge is 0.464 e. The zero-order chi connectivity index (χ0) is 10.6. The smallest absolute Gasteiger partial charge is 0.332 e. The molecule has 76 valence electrons. The lowest BCUT2D eigenvalue weighted by Crippen LogP contribution is -2.43. The lowest BCUT2D eigenvalue weighted by atomic mass is 10.0. The Hall–Kier alpha value is -1.49. The molecule has 0 amide bonds. The van der Waals surface area contributed by atoms with Crippen LogP contribution in [-0.2, 0) is 15.1 Å². The molecule has 1 atom stereocenters. The van der Waals surface area contributed by atoms with Crippen LogP contribution < -0.4 is 5.73 Å². The summed E-state index contributed by atoms with van der Waals surface area (Å²) < 4.78 is 4.83. The SMILES string of the molecule is CCOC(=O)C(C)(N)c1cnccn1. The summed E-state index contributed by atoms with van der Waals surface area (Å²) in [6.07, 6.45) is 4.46. The van der Waals surface area contributed by atoms with Gasteiger partial charge in [0.05, 0.1) is 18.5 Å². The van der Waals surface area contributed by atoms with Gasteiger partial charge in [-0.25, -0.2) is 4.79 Å². The molecule has 0 saturated carbocycles. The van der Waals surface area contributed by atoms with Crippen molar-refractivity contribution in [1.82, 2.24) is 9.97 Å². The van der Waals surface area contributed by atoms with Crippen molar-refractivity contribution in [2.45, 2.75) is 19.4 Å². The van der Waals surface area contributed by atoms with Gasteiger partial charge in [-0.05, 0) is 13.8 Å². The highest BCUT2D eigenvalue weighted by molar-refractivity contribution is 5.81. The highest BCUT2D eigenvalue weighted by atomic mass is 16.5. The van der Waals surface area contributed by atoms with Gasteiger partial charge in [0.25, 0.3) is 0 Å². The first-order chi connectivity index (χ1) is 6.59. The molecule has 2 N–H and O–H groups in total. The number of rotatable bonds is 3. The van der Waals surface area contributed by atoms with Crippen LogP contribution >= 0.6 is 0 Å². The fourth-order valence-corrected chi connectivity index (χ4v) is 0.953. The van der Waals surface area contributed by atoms with Crippen LogP contribution in [0.5, 0.6) is 0 Å². The van der Waals surface area contributed by atoms with E-state index in [1.165, 1.54) is 18.6 Å². The van der Waals surface area contributed by atoms with Crippen molar-refractivity contribution < 1.29 is 9.53 Å². The standard InChI is InChI=1S/C9H13N3O2/c1-3-14-8(13)9(2,10)7-6-11-4-5-12-7/h4-6H,3,10H2,1-2H3. The first-order valence-corrected chi connectivity index (χ1v) is 4.31. The molecule has 1 rings (SSSR count). The summed E-state index contributed by atoms with van der Waals surface area (Å²) in [5.41, 5.74) is 4.96. The maximum absolute atomic E-state index is 11.5. The second-order valence-electron chi connectivity index (χ2n) is 3.01. The van der Waals surface area contributed by atoms with Gasteiger partial charge in [0, 0.05) is 12.4 Å². The number of esters is 1. The van der Waals surface area contributed by atoms with E-state index < -0.39 is 11.5 Å². The Kier molecular flexibility index (Phi) is 3.14. The van der Waals surface area contributed by atoms with Crippen molar-refractivity contribution in [3.05, 3.63) is 24.3 Å². The number of carbonyl (C=O) groups is 1. The van der Waals surface area contributed by atoms with Crippen LogP contribution in [0.25, 0.3) is 0 Å². The molecule has 5 heteroatoms. The molecule has 0 spiro atoms. The molecule has 0 radical (unpaired) electrons. The molecule has 14 heavy (non-hydrogen) atoms. The van der Waals surface area contributed by atoms with Crippen LogP contribution in [-0.4, -0.2) is 22.5 Å². The molecular weight excluding hydrogens is 182 g/mol. The maximum Gasteiger partial charge on any atom is 0.332 e. The van der Waals surface area contributed by atoms with Gasteiger partial charge in [-0.2, -0.15) is 0 Å². The van der Waals surface area contributed by atoms with E-state index in [2.05, 4.69) is 9.97 Å². The lowest BCUT2D eigenvalue weighted by Gasteiger charge is -2.20. The fourth-order valence-electron chi connectivity index (χ4n) is 0.953. The minimum absolute atomic E-state index is 0.298. The first kappa shape index (κ1) is 10.6. The van der Waals surface area contributed by atoms with Crippen LogP contribution in [0.4, 0.5) is 0 Å². The summed E-state index contributed by atoms with van der Waals surface area (Å²) in [5.74, 6) is -0.500. The monoisotopic (exact) mass is 195 g/mol. The summed E-state index contributed by atoms with van der Waals surface area (Å²) in [6, 6.07) is 0. The molecule has 0 saturated heterocycles. The average molecular weight is 195 g/mol. The molecule has 1 unspecified atom stereocenters. The average Bonchev–Trinajstić information content (AvgIpc) is 2.19.